The molecule has 0 N–H and O–H groups in total. The highest BCUT2D eigenvalue weighted by Crippen LogP contribution is 2.49. The van der Waals surface area contributed by atoms with Gasteiger partial charge in [-0.05, 0) is 99.5 Å². The molecule has 3 saturated carbocycles. The second-order valence-corrected chi connectivity index (χ2v) is 11.7. The number of fused-ring (bicyclic) bond motifs is 1. The van der Waals surface area contributed by atoms with Crippen molar-refractivity contribution in [1.29, 1.82) is 0 Å². The van der Waals surface area contributed by atoms with Crippen molar-refractivity contribution in [2.24, 2.45) is 35.5 Å². The number of carbonyl (C=O) groups excluding carboxylic acids is 1. The third-order valence-electron chi connectivity index (χ3n) is 9.46. The first kappa shape index (κ1) is 26.5. The van der Waals surface area contributed by atoms with E-state index in [0.717, 1.165) is 61.5 Å². The summed E-state index contributed by atoms with van der Waals surface area (Å²) in [4.78, 5) is 12.5. The molecule has 3 aliphatic rings. The Hall–Kier alpha value is -1.52. The van der Waals surface area contributed by atoms with Crippen LogP contribution in [-0.2, 0) is 4.79 Å². The van der Waals surface area contributed by atoms with E-state index in [0.29, 0.717) is 5.92 Å². The van der Waals surface area contributed by atoms with Crippen LogP contribution in [0.1, 0.15) is 110 Å². The van der Waals surface area contributed by atoms with Gasteiger partial charge in [-0.1, -0.05) is 51.9 Å². The van der Waals surface area contributed by atoms with E-state index in [-0.39, 0.29) is 5.92 Å². The number of unbranched alkanes of at least 4 members (excludes halogenated alkanes) is 4. The lowest BCUT2D eigenvalue weighted by Gasteiger charge is -2.45. The Morgan fingerprint density at radius 2 is 1.40 bits per heavy atom. The predicted octanol–water partition coefficient (Wildman–Crippen LogP) is 9.01. The van der Waals surface area contributed by atoms with Gasteiger partial charge in [0.1, 0.15) is 0 Å². The van der Waals surface area contributed by atoms with E-state index in [9.17, 15) is 18.0 Å². The average Bonchev–Trinajstić information content (AvgIpc) is 2.88. The fraction of sp³-hybridized carbons (Fsp3) is 0.767. The van der Waals surface area contributed by atoms with Crippen LogP contribution >= 0.6 is 0 Å². The van der Waals surface area contributed by atoms with Gasteiger partial charge in [0.25, 0.3) is 0 Å². The Balaban J connectivity index is 1.18. The standard InChI is InChI=1S/C30H43F3O2/c1-2-3-4-5-6-7-20-8-9-25-19-24(15-14-23(25)18-20)21-10-12-22(13-11-21)30(34)35-27-17-16-26(31)28(32)29(27)33/h16-17,20-25H,2-15,18-19H2,1H3. The number of halogens is 3. The van der Waals surface area contributed by atoms with Crippen LogP contribution in [0, 0.1) is 53.0 Å². The molecule has 196 valence electrons. The molecule has 4 unspecified atom stereocenters. The fourth-order valence-corrected chi connectivity index (χ4v) is 7.35. The van der Waals surface area contributed by atoms with Gasteiger partial charge >= 0.3 is 5.97 Å². The molecule has 4 atom stereocenters. The minimum absolute atomic E-state index is 0.289. The quantitative estimate of drug-likeness (QED) is 0.149. The zero-order chi connectivity index (χ0) is 24.8. The molecule has 2 nitrogen and oxygen atoms in total. The van der Waals surface area contributed by atoms with Gasteiger partial charge in [0.2, 0.25) is 5.82 Å². The normalized spacial score (nSPS) is 31.1. The summed E-state index contributed by atoms with van der Waals surface area (Å²) >= 11 is 0. The van der Waals surface area contributed by atoms with E-state index in [2.05, 4.69) is 6.92 Å². The zero-order valence-electron chi connectivity index (χ0n) is 21.4. The van der Waals surface area contributed by atoms with Gasteiger partial charge in [-0.2, -0.15) is 4.39 Å². The average molecular weight is 493 g/mol. The number of carbonyl (C=O) groups is 1. The smallest absolute Gasteiger partial charge is 0.314 e. The summed E-state index contributed by atoms with van der Waals surface area (Å²) in [6, 6.07) is 1.77. The van der Waals surface area contributed by atoms with Gasteiger partial charge in [0, 0.05) is 0 Å². The molecule has 0 amide bonds. The fourth-order valence-electron chi connectivity index (χ4n) is 7.35. The van der Waals surface area contributed by atoms with E-state index in [4.69, 9.17) is 4.74 Å². The third-order valence-corrected chi connectivity index (χ3v) is 9.46. The molecule has 3 fully saturated rings. The molecule has 4 rings (SSSR count). The molecular weight excluding hydrogens is 449 g/mol. The van der Waals surface area contributed by atoms with Crippen LogP contribution in [0.3, 0.4) is 0 Å². The highest BCUT2D eigenvalue weighted by Gasteiger charge is 2.39. The molecule has 1 aromatic rings. The second kappa shape index (κ2) is 12.6. The number of hydrogen-bond acceptors (Lipinski definition) is 2. The minimum Gasteiger partial charge on any atom is -0.423 e. The van der Waals surface area contributed by atoms with E-state index in [1.165, 1.54) is 77.0 Å². The summed E-state index contributed by atoms with van der Waals surface area (Å²) < 4.78 is 45.5. The largest absolute Gasteiger partial charge is 0.423 e. The summed E-state index contributed by atoms with van der Waals surface area (Å²) in [6.07, 6.45) is 20.2. The predicted molar refractivity (Wildman–Crippen MR) is 132 cm³/mol. The molecular formula is C30H43F3O2. The first-order valence-electron chi connectivity index (χ1n) is 14.3. The lowest BCUT2D eigenvalue weighted by Crippen LogP contribution is -2.35. The van der Waals surface area contributed by atoms with Crippen LogP contribution in [-0.4, -0.2) is 5.97 Å². The summed E-state index contributed by atoms with van der Waals surface area (Å²) in [5.41, 5.74) is 0. The molecule has 1 aromatic carbocycles. The maximum Gasteiger partial charge on any atom is 0.314 e. The van der Waals surface area contributed by atoms with Crippen LogP contribution in [0.4, 0.5) is 13.2 Å². The topological polar surface area (TPSA) is 26.3 Å². The van der Waals surface area contributed by atoms with Crippen molar-refractivity contribution in [1.82, 2.24) is 0 Å². The van der Waals surface area contributed by atoms with Crippen LogP contribution < -0.4 is 4.74 Å². The number of hydrogen-bond donors (Lipinski definition) is 0. The molecule has 0 radical (unpaired) electrons. The van der Waals surface area contributed by atoms with Crippen molar-refractivity contribution in [3.63, 3.8) is 0 Å². The summed E-state index contributed by atoms with van der Waals surface area (Å²) in [5, 5.41) is 0. The van der Waals surface area contributed by atoms with Crippen molar-refractivity contribution in [3.8, 4) is 5.75 Å². The molecule has 0 heterocycles. The Labute approximate surface area is 209 Å². The molecule has 35 heavy (non-hydrogen) atoms. The number of ether oxygens (including phenoxy) is 1. The van der Waals surface area contributed by atoms with Crippen molar-refractivity contribution in [2.75, 3.05) is 0 Å². The van der Waals surface area contributed by atoms with E-state index in [1.54, 1.807) is 0 Å². The van der Waals surface area contributed by atoms with Gasteiger partial charge in [0.05, 0.1) is 5.92 Å². The summed E-state index contributed by atoms with van der Waals surface area (Å²) in [7, 11) is 0. The van der Waals surface area contributed by atoms with Crippen molar-refractivity contribution in [2.45, 2.75) is 110 Å². The van der Waals surface area contributed by atoms with E-state index in [1.807, 2.05) is 0 Å². The van der Waals surface area contributed by atoms with Gasteiger partial charge in [0.15, 0.2) is 17.4 Å². The first-order valence-corrected chi connectivity index (χ1v) is 14.3. The lowest BCUT2D eigenvalue weighted by atomic mass is 9.60. The third kappa shape index (κ3) is 6.83. The molecule has 0 saturated heterocycles. The van der Waals surface area contributed by atoms with Crippen LogP contribution in [0.25, 0.3) is 0 Å². The van der Waals surface area contributed by atoms with Gasteiger partial charge in [-0.3, -0.25) is 4.79 Å². The Kier molecular flexibility index (Phi) is 9.58. The van der Waals surface area contributed by atoms with Crippen LogP contribution in [0.15, 0.2) is 12.1 Å². The molecule has 0 aromatic heterocycles. The number of rotatable bonds is 9. The van der Waals surface area contributed by atoms with Gasteiger partial charge in [-0.15, -0.1) is 0 Å². The molecule has 0 spiro atoms. The Bertz CT molecular complexity index is 833. The highest BCUT2D eigenvalue weighted by atomic mass is 19.2. The molecule has 5 heteroatoms. The Morgan fingerprint density at radius 1 is 0.771 bits per heavy atom. The SMILES string of the molecule is CCCCCCCC1CCC2CC(C3CCC(C(=O)Oc4ccc(F)c(F)c4F)CC3)CCC2C1. The maximum atomic E-state index is 13.9. The van der Waals surface area contributed by atoms with Crippen molar-refractivity contribution in [3.05, 3.63) is 29.6 Å². The number of benzene rings is 1. The maximum absolute atomic E-state index is 13.9. The first-order chi connectivity index (χ1) is 17.0. The van der Waals surface area contributed by atoms with Gasteiger partial charge < -0.3 is 4.74 Å². The molecule has 0 aliphatic heterocycles. The highest BCUT2D eigenvalue weighted by molar-refractivity contribution is 5.75. The van der Waals surface area contributed by atoms with E-state index >= 15 is 0 Å². The molecule has 0 bridgehead atoms. The monoisotopic (exact) mass is 492 g/mol. The zero-order valence-corrected chi connectivity index (χ0v) is 21.4. The molecule has 3 aliphatic carbocycles. The summed E-state index contributed by atoms with van der Waals surface area (Å²) in [6.45, 7) is 2.28. The van der Waals surface area contributed by atoms with Crippen molar-refractivity contribution < 1.29 is 22.7 Å². The van der Waals surface area contributed by atoms with E-state index < -0.39 is 29.2 Å². The van der Waals surface area contributed by atoms with Crippen LogP contribution in [0.2, 0.25) is 0 Å². The van der Waals surface area contributed by atoms with Gasteiger partial charge in [-0.25, -0.2) is 8.78 Å². The van der Waals surface area contributed by atoms with Crippen molar-refractivity contribution >= 4 is 5.97 Å². The second-order valence-electron chi connectivity index (χ2n) is 11.7. The lowest BCUT2D eigenvalue weighted by molar-refractivity contribution is -0.140. The minimum atomic E-state index is -1.60. The number of esters is 1. The summed E-state index contributed by atoms with van der Waals surface area (Å²) in [5.74, 6) is -1.45. The Morgan fingerprint density at radius 3 is 2.14 bits per heavy atom. The van der Waals surface area contributed by atoms with Crippen LogP contribution in [0.5, 0.6) is 5.75 Å².